The van der Waals surface area contributed by atoms with Crippen LogP contribution in [0.15, 0.2) is 48.7 Å². The number of nitrogens with one attached hydrogen (secondary N) is 1. The van der Waals surface area contributed by atoms with E-state index < -0.39 is 17.7 Å². The maximum Gasteiger partial charge on any atom is 0.234 e. The number of carbonyl (C=O) groups is 1. The number of rotatable bonds is 2. The molecule has 3 heterocycles. The zero-order valence-corrected chi connectivity index (χ0v) is 16.4. The quantitative estimate of drug-likeness (QED) is 0.534. The van der Waals surface area contributed by atoms with Gasteiger partial charge in [-0.1, -0.05) is 30.3 Å². The number of fused-ring (bicyclic) bond motifs is 3. The van der Waals surface area contributed by atoms with Gasteiger partial charge in [0.05, 0.1) is 6.42 Å². The third-order valence-corrected chi connectivity index (χ3v) is 5.57. The highest BCUT2D eigenvalue weighted by molar-refractivity contribution is 6.01. The van der Waals surface area contributed by atoms with E-state index in [0.717, 1.165) is 16.5 Å². The maximum atomic E-state index is 15.1. The maximum absolute atomic E-state index is 15.1. The van der Waals surface area contributed by atoms with Crippen molar-refractivity contribution in [2.45, 2.75) is 26.3 Å². The van der Waals surface area contributed by atoms with E-state index in [1.807, 2.05) is 24.3 Å². The molecular weight excluding hydrogens is 386 g/mol. The molecule has 0 fully saturated rings. The van der Waals surface area contributed by atoms with Crippen molar-refractivity contribution >= 4 is 22.8 Å². The molecule has 2 aromatic carbocycles. The number of amides is 1. The van der Waals surface area contributed by atoms with Crippen molar-refractivity contribution in [3.63, 3.8) is 0 Å². The molecule has 1 aliphatic rings. The molecule has 5 nitrogen and oxygen atoms in total. The molecule has 1 unspecified atom stereocenters. The van der Waals surface area contributed by atoms with E-state index in [1.54, 1.807) is 19.2 Å². The number of aryl methyl sites for hydroxylation is 2. The molecule has 1 atom stereocenters. The average molecular weight is 404 g/mol. The first-order valence-electron chi connectivity index (χ1n) is 9.61. The van der Waals surface area contributed by atoms with E-state index >= 15 is 4.39 Å². The molecule has 0 radical (unpaired) electrons. The smallest absolute Gasteiger partial charge is 0.234 e. The Bertz CT molecular complexity index is 1310. The summed E-state index contributed by atoms with van der Waals surface area (Å²) in [5.41, 5.74) is 3.19. The van der Waals surface area contributed by atoms with E-state index in [9.17, 15) is 9.18 Å². The van der Waals surface area contributed by atoms with E-state index in [4.69, 9.17) is 0 Å². The Balaban J connectivity index is 1.81. The van der Waals surface area contributed by atoms with Crippen molar-refractivity contribution in [3.05, 3.63) is 88.4 Å². The number of hydrogen-bond acceptors (Lipinski definition) is 3. The summed E-state index contributed by atoms with van der Waals surface area (Å²) >= 11 is 0. The van der Waals surface area contributed by atoms with E-state index in [1.165, 1.54) is 24.0 Å². The lowest BCUT2D eigenvalue weighted by atomic mass is 9.91. The molecule has 0 saturated heterocycles. The highest BCUT2D eigenvalue weighted by atomic mass is 19.2. The molecule has 2 aromatic heterocycles. The van der Waals surface area contributed by atoms with Crippen LogP contribution in [-0.2, 0) is 11.2 Å². The number of nitrogens with zero attached hydrogens (tertiary/aromatic N) is 3. The molecular formula is C23H18F2N4O. The topological polar surface area (TPSA) is 61.9 Å². The van der Waals surface area contributed by atoms with Gasteiger partial charge in [0.15, 0.2) is 11.6 Å². The van der Waals surface area contributed by atoms with Gasteiger partial charge in [0.1, 0.15) is 6.04 Å². The predicted octanol–water partition coefficient (Wildman–Crippen LogP) is 4.53. The van der Waals surface area contributed by atoms with Gasteiger partial charge in [0.2, 0.25) is 11.9 Å². The first-order valence-corrected chi connectivity index (χ1v) is 9.61. The number of aromatic nitrogens is 3. The third kappa shape index (κ3) is 2.69. The second kappa shape index (κ2) is 6.73. The predicted molar refractivity (Wildman–Crippen MR) is 109 cm³/mol. The lowest BCUT2D eigenvalue weighted by Crippen LogP contribution is -2.42. The van der Waals surface area contributed by atoms with E-state index in [-0.39, 0.29) is 29.4 Å². The van der Waals surface area contributed by atoms with Crippen molar-refractivity contribution in [2.24, 2.45) is 0 Å². The summed E-state index contributed by atoms with van der Waals surface area (Å²) < 4.78 is 29.6. The number of halogens is 2. The van der Waals surface area contributed by atoms with E-state index in [2.05, 4.69) is 15.0 Å². The molecule has 5 rings (SSSR count). The molecule has 1 amide bonds. The van der Waals surface area contributed by atoms with Gasteiger partial charge in [-0.3, -0.25) is 9.69 Å². The summed E-state index contributed by atoms with van der Waals surface area (Å²) in [7, 11) is 0. The van der Waals surface area contributed by atoms with Gasteiger partial charge in [0, 0.05) is 34.1 Å². The molecule has 1 N–H and O–H groups in total. The van der Waals surface area contributed by atoms with Crippen LogP contribution in [-0.4, -0.2) is 20.9 Å². The Kier molecular flexibility index (Phi) is 4.13. The van der Waals surface area contributed by atoms with Crippen LogP contribution < -0.4 is 4.90 Å². The van der Waals surface area contributed by atoms with Gasteiger partial charge in [-0.25, -0.2) is 18.7 Å². The van der Waals surface area contributed by atoms with Gasteiger partial charge < -0.3 is 4.98 Å². The Morgan fingerprint density at radius 1 is 1.07 bits per heavy atom. The van der Waals surface area contributed by atoms with Gasteiger partial charge in [-0.2, -0.15) is 0 Å². The zero-order valence-electron chi connectivity index (χ0n) is 16.4. The van der Waals surface area contributed by atoms with Crippen molar-refractivity contribution in [3.8, 4) is 0 Å². The first-order chi connectivity index (χ1) is 14.5. The Labute approximate surface area is 171 Å². The fourth-order valence-electron chi connectivity index (χ4n) is 4.10. The van der Waals surface area contributed by atoms with Crippen molar-refractivity contribution in [1.82, 2.24) is 15.0 Å². The van der Waals surface area contributed by atoms with Gasteiger partial charge in [0.25, 0.3) is 0 Å². The fourth-order valence-corrected chi connectivity index (χ4v) is 4.10. The minimum atomic E-state index is -0.975. The van der Waals surface area contributed by atoms with Gasteiger partial charge in [-0.15, -0.1) is 0 Å². The van der Waals surface area contributed by atoms with Crippen LogP contribution in [0.25, 0.3) is 10.9 Å². The third-order valence-electron chi connectivity index (χ3n) is 5.57. The minimum absolute atomic E-state index is 0.0593. The summed E-state index contributed by atoms with van der Waals surface area (Å²) in [5.74, 6) is -2.01. The number of carbonyl (C=O) groups excluding carboxylic acids is 1. The van der Waals surface area contributed by atoms with Crippen LogP contribution in [0.2, 0.25) is 0 Å². The summed E-state index contributed by atoms with van der Waals surface area (Å²) in [5, 5.41) is 0.892. The van der Waals surface area contributed by atoms with Crippen molar-refractivity contribution in [1.29, 1.82) is 0 Å². The lowest BCUT2D eigenvalue weighted by Gasteiger charge is -2.34. The van der Waals surface area contributed by atoms with Gasteiger partial charge >= 0.3 is 0 Å². The first kappa shape index (κ1) is 18.4. The van der Waals surface area contributed by atoms with E-state index in [0.29, 0.717) is 11.4 Å². The largest absolute Gasteiger partial charge is 0.356 e. The number of anilines is 1. The summed E-state index contributed by atoms with van der Waals surface area (Å²) in [6.45, 7) is 3.29. The number of para-hydroxylation sites is 1. The molecule has 0 spiro atoms. The van der Waals surface area contributed by atoms with Crippen LogP contribution in [0.5, 0.6) is 0 Å². The summed E-state index contributed by atoms with van der Waals surface area (Å²) in [6, 6.07) is 11.4. The average Bonchev–Trinajstić information content (AvgIpc) is 3.10. The molecule has 30 heavy (non-hydrogen) atoms. The Hall–Kier alpha value is -3.61. The summed E-state index contributed by atoms with van der Waals surface area (Å²) in [4.78, 5) is 26.6. The molecule has 7 heteroatoms. The molecule has 0 aliphatic carbocycles. The van der Waals surface area contributed by atoms with Crippen LogP contribution in [0.3, 0.4) is 0 Å². The van der Waals surface area contributed by atoms with Crippen LogP contribution >= 0.6 is 0 Å². The normalized spacial score (nSPS) is 16.2. The molecule has 0 bridgehead atoms. The molecule has 0 saturated carbocycles. The second-order valence-corrected chi connectivity index (χ2v) is 7.50. The SMILES string of the molecule is Cc1ccnc(N2C(=O)Cc3c([nH]c4ccccc34)C2c2ccc(C)c(F)c2F)n1. The number of benzene rings is 2. The zero-order chi connectivity index (χ0) is 21.0. The standard InChI is InChI=1S/C23H18F2N4O/c1-12-7-8-15(20(25)19(12)24)22-21-16(14-5-3-4-6-17(14)28-21)11-18(30)29(22)23-26-10-9-13(2)27-23/h3-10,22,28H,11H2,1-2H3. The molecule has 1 aliphatic heterocycles. The highest BCUT2D eigenvalue weighted by Crippen LogP contribution is 2.41. The van der Waals surface area contributed by atoms with Crippen LogP contribution in [0.1, 0.15) is 34.1 Å². The lowest BCUT2D eigenvalue weighted by molar-refractivity contribution is -0.118. The number of hydrogen-bond donors (Lipinski definition) is 1. The molecule has 150 valence electrons. The minimum Gasteiger partial charge on any atom is -0.356 e. The number of aromatic amines is 1. The fraction of sp³-hybridized carbons (Fsp3) is 0.174. The van der Waals surface area contributed by atoms with Crippen LogP contribution in [0.4, 0.5) is 14.7 Å². The second-order valence-electron chi connectivity index (χ2n) is 7.50. The number of H-pyrrole nitrogens is 1. The monoisotopic (exact) mass is 404 g/mol. The summed E-state index contributed by atoms with van der Waals surface area (Å²) in [6.07, 6.45) is 1.66. The Morgan fingerprint density at radius 3 is 2.67 bits per heavy atom. The highest BCUT2D eigenvalue weighted by Gasteiger charge is 2.40. The van der Waals surface area contributed by atoms with Crippen LogP contribution in [0, 0.1) is 25.5 Å². The van der Waals surface area contributed by atoms with Crippen molar-refractivity contribution in [2.75, 3.05) is 4.90 Å². The Morgan fingerprint density at radius 2 is 1.87 bits per heavy atom. The van der Waals surface area contributed by atoms with Gasteiger partial charge in [-0.05, 0) is 37.1 Å². The molecule has 4 aromatic rings. The van der Waals surface area contributed by atoms with Crippen molar-refractivity contribution < 1.29 is 13.6 Å².